The minimum atomic E-state index is -1.69. The lowest BCUT2D eigenvalue weighted by atomic mass is 9.80. The summed E-state index contributed by atoms with van der Waals surface area (Å²) in [4.78, 5) is 23.3. The molecule has 0 aliphatic carbocycles. The third-order valence-electron chi connectivity index (χ3n) is 5.03. The second-order valence-corrected chi connectivity index (χ2v) is 6.69. The molecule has 3 rings (SSSR count). The van der Waals surface area contributed by atoms with Crippen LogP contribution < -0.4 is 0 Å². The van der Waals surface area contributed by atoms with Gasteiger partial charge in [-0.3, -0.25) is 0 Å². The van der Waals surface area contributed by atoms with Gasteiger partial charge in [0.05, 0.1) is 45.5 Å². The van der Waals surface area contributed by atoms with Crippen molar-refractivity contribution in [1.82, 2.24) is 0 Å². The maximum Gasteiger partial charge on any atom is 0.337 e. The molecule has 28 heavy (non-hydrogen) atoms. The minimum Gasteiger partial charge on any atom is -0.471 e. The molecule has 0 aromatic rings. The van der Waals surface area contributed by atoms with Crippen LogP contribution in [0.3, 0.4) is 0 Å². The summed E-state index contributed by atoms with van der Waals surface area (Å²) in [6.45, 7) is -0.648. The largest absolute Gasteiger partial charge is 0.471 e. The molecule has 4 N–H and O–H groups in total. The molecule has 9 atom stereocenters. The van der Waals surface area contributed by atoms with E-state index >= 15 is 0 Å². The van der Waals surface area contributed by atoms with Crippen LogP contribution in [0, 0.1) is 11.8 Å². The first-order valence-corrected chi connectivity index (χ1v) is 8.74. The van der Waals surface area contributed by atoms with E-state index in [9.17, 15) is 30.0 Å². The van der Waals surface area contributed by atoms with Gasteiger partial charge >= 0.3 is 5.97 Å². The third-order valence-corrected chi connectivity index (χ3v) is 5.03. The van der Waals surface area contributed by atoms with Crippen LogP contribution in [-0.2, 0) is 33.3 Å². The Kier molecular flexibility index (Phi) is 6.21. The summed E-state index contributed by atoms with van der Waals surface area (Å²) in [6.07, 6.45) is -8.97. The van der Waals surface area contributed by atoms with Crippen molar-refractivity contribution in [2.24, 2.45) is 11.8 Å². The number of methoxy groups -OCH3 is 1. The summed E-state index contributed by atoms with van der Waals surface area (Å²) in [7, 11) is 1.16. The van der Waals surface area contributed by atoms with Crippen molar-refractivity contribution in [2.75, 3.05) is 20.3 Å². The second kappa shape index (κ2) is 8.82. The molecule has 0 bridgehead atoms. The van der Waals surface area contributed by atoms with Crippen LogP contribution in [0.4, 0.5) is 0 Å². The molecule has 3 heterocycles. The van der Waals surface area contributed by atoms with Crippen molar-refractivity contribution in [3.63, 3.8) is 0 Å². The Morgan fingerprint density at radius 1 is 1.32 bits per heavy atom. The Labute approximate surface area is 161 Å². The van der Waals surface area contributed by atoms with E-state index in [0.29, 0.717) is 6.29 Å². The first kappa shape index (κ1) is 19.7. The van der Waals surface area contributed by atoms with Crippen molar-refractivity contribution >= 4 is 12.3 Å². The van der Waals surface area contributed by atoms with E-state index in [-0.39, 0.29) is 18.6 Å². The van der Waals surface area contributed by atoms with E-state index in [1.165, 1.54) is 0 Å². The standard InChI is InChI=1S/C17H24O11/c1-24-15(23)8-5-26-16(11(10-6-25-10)7(8)2-3-18)28-17-14(22)13(21)12(20)9(4-19)27-17/h3,5,7,9-14,16-17,19-22H,2,4,6H2,1H3/t7-,9-,10-,11+,12-,13+,14-,16+,17+/m1/s1/i10T. The van der Waals surface area contributed by atoms with Crippen LogP contribution in [-0.4, -0.2) is 96.1 Å². The van der Waals surface area contributed by atoms with Gasteiger partial charge in [0.15, 0.2) is 6.29 Å². The Morgan fingerprint density at radius 3 is 2.61 bits per heavy atom. The van der Waals surface area contributed by atoms with Gasteiger partial charge in [-0.15, -0.1) is 0 Å². The fourth-order valence-electron chi connectivity index (χ4n) is 3.43. The number of ether oxygens (including phenoxy) is 5. The number of hydrogen-bond acceptors (Lipinski definition) is 11. The third kappa shape index (κ3) is 4.06. The lowest BCUT2D eigenvalue weighted by Gasteiger charge is -2.43. The summed E-state index contributed by atoms with van der Waals surface area (Å²) in [5.41, 5.74) is 0.0281. The second-order valence-electron chi connectivity index (χ2n) is 6.69. The van der Waals surface area contributed by atoms with Gasteiger partial charge < -0.3 is 48.9 Å². The predicted octanol–water partition coefficient (Wildman–Crippen LogP) is -2.56. The molecule has 0 unspecified atom stereocenters. The number of aliphatic hydroxyl groups is 4. The van der Waals surface area contributed by atoms with Crippen LogP contribution in [0.25, 0.3) is 0 Å². The van der Waals surface area contributed by atoms with Crippen LogP contribution in [0.2, 0.25) is 0 Å². The molecule has 2 fully saturated rings. The van der Waals surface area contributed by atoms with E-state index in [1.54, 1.807) is 0 Å². The maximum absolute atomic E-state index is 12.1. The molecule has 3 aliphatic heterocycles. The van der Waals surface area contributed by atoms with Crippen molar-refractivity contribution in [3.05, 3.63) is 11.8 Å². The summed E-state index contributed by atoms with van der Waals surface area (Å²) in [6, 6.07) is 0. The van der Waals surface area contributed by atoms with Gasteiger partial charge in [0.2, 0.25) is 6.29 Å². The molecule has 0 aromatic carbocycles. The molecule has 2 saturated heterocycles. The summed E-state index contributed by atoms with van der Waals surface area (Å²) in [5.74, 6) is -2.54. The van der Waals surface area contributed by atoms with Crippen LogP contribution in [0.1, 0.15) is 7.79 Å². The number of esters is 1. The Bertz CT molecular complexity index is 649. The molecule has 3 aliphatic rings. The number of aliphatic hydroxyl groups excluding tert-OH is 4. The quantitative estimate of drug-likeness (QED) is 0.200. The monoisotopic (exact) mass is 406 g/mol. The lowest BCUT2D eigenvalue weighted by Crippen LogP contribution is -2.60. The Morgan fingerprint density at radius 2 is 2.04 bits per heavy atom. The SMILES string of the molecule is [3H][C@]1([C@H]2[C@H](O[C@@H]3O[C@H](CO)[C@@H](O)[C@H](O)[C@H]3O)OC=C(C(=O)OC)[C@H]2CC=O)CO1. The van der Waals surface area contributed by atoms with Crippen molar-refractivity contribution < 1.29 is 55.1 Å². The predicted molar refractivity (Wildman–Crippen MR) is 87.2 cm³/mol. The topological polar surface area (TPSA) is 165 Å². The molecule has 11 nitrogen and oxygen atoms in total. The van der Waals surface area contributed by atoms with Crippen molar-refractivity contribution in [3.8, 4) is 0 Å². The van der Waals surface area contributed by atoms with Crippen molar-refractivity contribution in [2.45, 2.75) is 49.5 Å². The van der Waals surface area contributed by atoms with Gasteiger partial charge in [0, 0.05) is 12.3 Å². The van der Waals surface area contributed by atoms with E-state index in [1.807, 2.05) is 0 Å². The number of rotatable bonds is 7. The van der Waals surface area contributed by atoms with Crippen molar-refractivity contribution in [1.29, 1.82) is 0 Å². The molecule has 0 radical (unpaired) electrons. The van der Waals surface area contributed by atoms with Gasteiger partial charge in [-0.1, -0.05) is 0 Å². The van der Waals surface area contributed by atoms with Crippen LogP contribution in [0.5, 0.6) is 0 Å². The highest BCUT2D eigenvalue weighted by Crippen LogP contribution is 2.41. The first-order chi connectivity index (χ1) is 13.8. The van der Waals surface area contributed by atoms with Crippen LogP contribution >= 0.6 is 0 Å². The number of carbonyl (C=O) groups is 2. The smallest absolute Gasteiger partial charge is 0.337 e. The normalized spacial score (nSPS) is 46.0. The Hall–Kier alpha value is -1.60. The molecule has 11 heteroatoms. The highest BCUT2D eigenvalue weighted by atomic mass is 16.8. The molecule has 0 spiro atoms. The zero-order chi connectivity index (χ0) is 21.3. The minimum absolute atomic E-state index is 0.000617. The summed E-state index contributed by atoms with van der Waals surface area (Å²) >= 11 is 0. The highest BCUT2D eigenvalue weighted by Gasteiger charge is 2.52. The average Bonchev–Trinajstić information content (AvgIpc) is 3.46. The molecule has 0 saturated carbocycles. The van der Waals surface area contributed by atoms with Gasteiger partial charge in [-0.2, -0.15) is 0 Å². The summed E-state index contributed by atoms with van der Waals surface area (Å²) < 4.78 is 34.6. The number of hydrogen-bond donors (Lipinski definition) is 4. The zero-order valence-electron chi connectivity index (χ0n) is 16.0. The number of carbonyl (C=O) groups excluding carboxylic acids is 2. The van der Waals surface area contributed by atoms with Gasteiger partial charge in [-0.25, -0.2) is 4.79 Å². The fourth-order valence-corrected chi connectivity index (χ4v) is 3.43. The Balaban J connectivity index is 1.86. The van der Waals surface area contributed by atoms with Gasteiger partial charge in [0.25, 0.3) is 0 Å². The highest BCUT2D eigenvalue weighted by molar-refractivity contribution is 5.89. The van der Waals surface area contributed by atoms with Gasteiger partial charge in [-0.05, 0) is 0 Å². The van der Waals surface area contributed by atoms with E-state index in [4.69, 9.17) is 25.1 Å². The molecule has 158 valence electrons. The van der Waals surface area contributed by atoms with E-state index in [2.05, 4.69) is 0 Å². The number of aldehydes is 1. The zero-order valence-corrected chi connectivity index (χ0v) is 15.0. The average molecular weight is 406 g/mol. The lowest BCUT2D eigenvalue weighted by molar-refractivity contribution is -0.342. The fraction of sp³-hybridized carbons (Fsp3) is 0.765. The first-order valence-electron chi connectivity index (χ1n) is 9.24. The maximum atomic E-state index is 12.1. The summed E-state index contributed by atoms with van der Waals surface area (Å²) in [5, 5.41) is 39.3. The van der Waals surface area contributed by atoms with Gasteiger partial charge in [0.1, 0.15) is 30.7 Å². The molecule has 0 aromatic heterocycles. The van der Waals surface area contributed by atoms with E-state index < -0.39 is 67.5 Å². The van der Waals surface area contributed by atoms with E-state index in [0.717, 1.165) is 13.4 Å². The van der Waals surface area contributed by atoms with Crippen LogP contribution in [0.15, 0.2) is 11.8 Å². The number of epoxide rings is 1. The molecular weight excluding hydrogens is 380 g/mol. The molecule has 0 amide bonds. The molecular formula is C17H24O11.